The highest BCUT2D eigenvalue weighted by atomic mass is 79.9. The molecule has 0 aromatic heterocycles. The molecular formula is C12H14BrN3O2. The molecule has 5 nitrogen and oxygen atoms in total. The maximum absolute atomic E-state index is 11.3. The predicted molar refractivity (Wildman–Crippen MR) is 72.1 cm³/mol. The fourth-order valence-electron chi connectivity index (χ4n) is 1.87. The van der Waals surface area contributed by atoms with Gasteiger partial charge in [-0.15, -0.1) is 0 Å². The molecule has 1 aliphatic heterocycles. The minimum Gasteiger partial charge on any atom is -0.352 e. The Balaban J connectivity index is 2.28. The van der Waals surface area contributed by atoms with Gasteiger partial charge in [0.2, 0.25) is 11.8 Å². The molecule has 0 aliphatic carbocycles. The molecule has 1 aliphatic rings. The minimum absolute atomic E-state index is 0.0540. The predicted octanol–water partition coefficient (Wildman–Crippen LogP) is 0.932. The van der Waals surface area contributed by atoms with Crippen LogP contribution in [-0.4, -0.2) is 24.9 Å². The summed E-state index contributed by atoms with van der Waals surface area (Å²) in [6.07, 6.45) is 0. The van der Waals surface area contributed by atoms with Gasteiger partial charge in [-0.25, -0.2) is 0 Å². The van der Waals surface area contributed by atoms with Gasteiger partial charge in [-0.1, -0.05) is 6.07 Å². The first-order valence-electron chi connectivity index (χ1n) is 5.60. The smallest absolute Gasteiger partial charge is 0.246 e. The van der Waals surface area contributed by atoms with Crippen molar-refractivity contribution in [1.29, 1.82) is 0 Å². The van der Waals surface area contributed by atoms with Gasteiger partial charge in [0.1, 0.15) is 0 Å². The molecule has 96 valence electrons. The quantitative estimate of drug-likeness (QED) is 0.797. The zero-order chi connectivity index (χ0) is 13.3. The fraction of sp³-hybridized carbons (Fsp3) is 0.333. The van der Waals surface area contributed by atoms with Crippen LogP contribution in [0.3, 0.4) is 0 Å². The Kier molecular flexibility index (Phi) is 3.68. The number of hydrogen-bond donors (Lipinski definition) is 2. The molecule has 2 rings (SSSR count). The lowest BCUT2D eigenvalue weighted by Gasteiger charge is -2.28. The summed E-state index contributed by atoms with van der Waals surface area (Å²) in [7, 11) is 0. The van der Waals surface area contributed by atoms with E-state index in [1.165, 1.54) is 0 Å². The normalized spacial score (nSPS) is 17.6. The van der Waals surface area contributed by atoms with Crippen molar-refractivity contribution in [2.75, 3.05) is 18.0 Å². The molecule has 0 unspecified atom stereocenters. The van der Waals surface area contributed by atoms with Crippen LogP contribution in [0.5, 0.6) is 0 Å². The summed E-state index contributed by atoms with van der Waals surface area (Å²) < 4.78 is 0.833. The van der Waals surface area contributed by atoms with Crippen molar-refractivity contribution in [3.8, 4) is 0 Å². The average molecular weight is 312 g/mol. The standard InChI is InChI=1S/C12H14BrN3O2/c1-7(14)8-2-3-10(9(13)4-8)16-5-11(17)15-12(18)6-16/h2-4,7H,5-6,14H2,1H3,(H,15,17,18)/t7-/m1/s1. The molecule has 1 aromatic rings. The molecule has 0 spiro atoms. The first-order valence-corrected chi connectivity index (χ1v) is 6.39. The number of anilines is 1. The highest BCUT2D eigenvalue weighted by Crippen LogP contribution is 2.29. The van der Waals surface area contributed by atoms with Gasteiger partial charge >= 0.3 is 0 Å². The van der Waals surface area contributed by atoms with Crippen molar-refractivity contribution < 1.29 is 9.59 Å². The van der Waals surface area contributed by atoms with Gasteiger partial charge in [0.15, 0.2) is 0 Å². The monoisotopic (exact) mass is 311 g/mol. The van der Waals surface area contributed by atoms with E-state index in [-0.39, 0.29) is 30.9 Å². The molecule has 6 heteroatoms. The Morgan fingerprint density at radius 2 is 1.94 bits per heavy atom. The van der Waals surface area contributed by atoms with E-state index in [4.69, 9.17) is 5.73 Å². The number of hydrogen-bond acceptors (Lipinski definition) is 4. The molecule has 0 radical (unpaired) electrons. The van der Waals surface area contributed by atoms with E-state index in [9.17, 15) is 9.59 Å². The van der Waals surface area contributed by atoms with Gasteiger partial charge in [-0.3, -0.25) is 14.9 Å². The van der Waals surface area contributed by atoms with Crippen LogP contribution in [-0.2, 0) is 9.59 Å². The van der Waals surface area contributed by atoms with E-state index in [2.05, 4.69) is 21.2 Å². The molecule has 0 saturated carbocycles. The van der Waals surface area contributed by atoms with Gasteiger partial charge in [0.25, 0.3) is 0 Å². The van der Waals surface area contributed by atoms with E-state index < -0.39 is 0 Å². The molecule has 1 saturated heterocycles. The maximum atomic E-state index is 11.3. The topological polar surface area (TPSA) is 75.4 Å². The summed E-state index contributed by atoms with van der Waals surface area (Å²) in [6.45, 7) is 2.27. The minimum atomic E-state index is -0.283. The summed E-state index contributed by atoms with van der Waals surface area (Å²) in [5.74, 6) is -0.566. The number of nitrogens with one attached hydrogen (secondary N) is 1. The van der Waals surface area contributed by atoms with Gasteiger partial charge in [0.05, 0.1) is 18.8 Å². The fourth-order valence-corrected chi connectivity index (χ4v) is 2.52. The summed E-state index contributed by atoms with van der Waals surface area (Å²) in [4.78, 5) is 24.4. The van der Waals surface area contributed by atoms with Gasteiger partial charge in [-0.2, -0.15) is 0 Å². The zero-order valence-electron chi connectivity index (χ0n) is 9.94. The van der Waals surface area contributed by atoms with E-state index >= 15 is 0 Å². The number of benzene rings is 1. The van der Waals surface area contributed by atoms with E-state index in [1.807, 2.05) is 25.1 Å². The molecule has 1 fully saturated rings. The van der Waals surface area contributed by atoms with Crippen LogP contribution < -0.4 is 16.0 Å². The number of nitrogens with zero attached hydrogens (tertiary/aromatic N) is 1. The number of amides is 2. The molecule has 0 bridgehead atoms. The Morgan fingerprint density at radius 3 is 2.44 bits per heavy atom. The van der Waals surface area contributed by atoms with Crippen LogP contribution in [0.4, 0.5) is 5.69 Å². The van der Waals surface area contributed by atoms with Gasteiger partial charge < -0.3 is 10.6 Å². The molecule has 3 N–H and O–H groups in total. The third kappa shape index (κ3) is 2.70. The van der Waals surface area contributed by atoms with Crippen LogP contribution >= 0.6 is 15.9 Å². The Morgan fingerprint density at radius 1 is 1.33 bits per heavy atom. The highest BCUT2D eigenvalue weighted by Gasteiger charge is 2.24. The molecule has 2 amide bonds. The number of halogens is 1. The number of imide groups is 1. The maximum Gasteiger partial charge on any atom is 0.246 e. The number of piperazine rings is 1. The van der Waals surface area contributed by atoms with Crippen LogP contribution in [0.2, 0.25) is 0 Å². The first-order chi connectivity index (χ1) is 8.47. The molecule has 1 aromatic carbocycles. The zero-order valence-corrected chi connectivity index (χ0v) is 11.5. The van der Waals surface area contributed by atoms with Crippen molar-refractivity contribution >= 4 is 33.4 Å². The van der Waals surface area contributed by atoms with Crippen LogP contribution in [0.1, 0.15) is 18.5 Å². The summed E-state index contributed by atoms with van der Waals surface area (Å²) >= 11 is 3.45. The van der Waals surface area contributed by atoms with Crippen molar-refractivity contribution in [2.24, 2.45) is 5.73 Å². The van der Waals surface area contributed by atoms with Crippen molar-refractivity contribution in [2.45, 2.75) is 13.0 Å². The Labute approximate surface area is 113 Å². The van der Waals surface area contributed by atoms with Crippen LogP contribution in [0.25, 0.3) is 0 Å². The number of carbonyl (C=O) groups excluding carboxylic acids is 2. The van der Waals surface area contributed by atoms with Crippen molar-refractivity contribution in [3.05, 3.63) is 28.2 Å². The van der Waals surface area contributed by atoms with Crippen molar-refractivity contribution in [1.82, 2.24) is 5.32 Å². The third-order valence-corrected chi connectivity index (χ3v) is 3.42. The van der Waals surface area contributed by atoms with Gasteiger partial charge in [-0.05, 0) is 40.5 Å². The van der Waals surface area contributed by atoms with E-state index in [0.29, 0.717) is 0 Å². The lowest BCUT2D eigenvalue weighted by atomic mass is 10.1. The number of nitrogens with two attached hydrogens (primary N) is 1. The third-order valence-electron chi connectivity index (χ3n) is 2.79. The van der Waals surface area contributed by atoms with Crippen LogP contribution in [0.15, 0.2) is 22.7 Å². The van der Waals surface area contributed by atoms with E-state index in [0.717, 1.165) is 15.7 Å². The second-order valence-corrected chi connectivity index (χ2v) is 5.18. The molecule has 1 heterocycles. The van der Waals surface area contributed by atoms with Gasteiger partial charge in [0, 0.05) is 10.5 Å². The lowest BCUT2D eigenvalue weighted by Crippen LogP contribution is -2.51. The lowest BCUT2D eigenvalue weighted by molar-refractivity contribution is -0.130. The SMILES string of the molecule is C[C@@H](N)c1ccc(N2CC(=O)NC(=O)C2)c(Br)c1. The Bertz CT molecular complexity index is 486. The largest absolute Gasteiger partial charge is 0.352 e. The summed E-state index contributed by atoms with van der Waals surface area (Å²) in [6, 6.07) is 5.63. The number of carbonyl (C=O) groups is 2. The molecular weight excluding hydrogens is 298 g/mol. The Hall–Kier alpha value is -1.40. The van der Waals surface area contributed by atoms with Crippen LogP contribution in [0, 0.1) is 0 Å². The second kappa shape index (κ2) is 5.07. The second-order valence-electron chi connectivity index (χ2n) is 4.33. The number of rotatable bonds is 2. The summed E-state index contributed by atoms with van der Waals surface area (Å²) in [5, 5.41) is 2.27. The molecule has 18 heavy (non-hydrogen) atoms. The molecule has 1 atom stereocenters. The highest BCUT2D eigenvalue weighted by molar-refractivity contribution is 9.10. The summed E-state index contributed by atoms with van der Waals surface area (Å²) in [5.41, 5.74) is 7.62. The average Bonchev–Trinajstić information content (AvgIpc) is 2.27. The van der Waals surface area contributed by atoms with Crippen molar-refractivity contribution in [3.63, 3.8) is 0 Å². The first kappa shape index (κ1) is 13.0. The van der Waals surface area contributed by atoms with E-state index in [1.54, 1.807) is 4.90 Å².